The second kappa shape index (κ2) is 3.76. The molecule has 0 radical (unpaired) electrons. The minimum absolute atomic E-state index is 0.568. The van der Waals surface area contributed by atoms with E-state index in [1.165, 1.54) is 0 Å². The third kappa shape index (κ3) is 2.38. The highest BCUT2D eigenvalue weighted by Crippen LogP contribution is 2.18. The average Bonchev–Trinajstić information content (AvgIpc) is 1.94. The maximum atomic E-state index is 5.93. The number of halogens is 1. The molecule has 0 aliphatic heterocycles. The molecule has 0 amide bonds. The van der Waals surface area contributed by atoms with Gasteiger partial charge in [0.15, 0.2) is 0 Å². The summed E-state index contributed by atoms with van der Waals surface area (Å²) in [4.78, 5) is 4.16. The van der Waals surface area contributed by atoms with Gasteiger partial charge in [-0.05, 0) is 18.4 Å². The normalized spacial score (nSPS) is 10.7. The van der Waals surface area contributed by atoms with Gasteiger partial charge in [-0.3, -0.25) is 4.98 Å². The second-order valence-electron chi connectivity index (χ2n) is 3.30. The van der Waals surface area contributed by atoms with Crippen molar-refractivity contribution in [2.45, 2.75) is 20.3 Å². The predicted octanol–water partition coefficient (Wildman–Crippen LogP) is 2.52. The molecule has 1 rings (SSSR count). The van der Waals surface area contributed by atoms with Crippen molar-refractivity contribution in [2.24, 2.45) is 5.92 Å². The Morgan fingerprint density at radius 3 is 2.75 bits per heavy atom. The average molecular weight is 185 g/mol. The summed E-state index contributed by atoms with van der Waals surface area (Å²) in [5.74, 6) is 0.568. The zero-order chi connectivity index (χ0) is 9.14. The van der Waals surface area contributed by atoms with Crippen LogP contribution >= 0.6 is 11.6 Å². The van der Waals surface area contributed by atoms with Gasteiger partial charge in [0.25, 0.3) is 0 Å². The molecule has 0 saturated heterocycles. The topological polar surface area (TPSA) is 38.9 Å². The van der Waals surface area contributed by atoms with Crippen molar-refractivity contribution in [3.8, 4) is 0 Å². The van der Waals surface area contributed by atoms with Gasteiger partial charge >= 0.3 is 0 Å². The van der Waals surface area contributed by atoms with Crippen LogP contribution in [-0.2, 0) is 6.42 Å². The van der Waals surface area contributed by atoms with Gasteiger partial charge in [0, 0.05) is 0 Å². The maximum absolute atomic E-state index is 5.93. The first-order valence-electron chi connectivity index (χ1n) is 3.99. The molecule has 0 aliphatic carbocycles. The Morgan fingerprint density at radius 1 is 1.58 bits per heavy atom. The standard InChI is InChI=1S/C9H13ClN2/c1-6(2)3-9-8(10)4-7(11)5-12-9/h4-6H,3,11H2,1-2H3. The lowest BCUT2D eigenvalue weighted by atomic mass is 10.1. The molecule has 2 N–H and O–H groups in total. The van der Waals surface area contributed by atoms with Gasteiger partial charge in [0.1, 0.15) is 0 Å². The van der Waals surface area contributed by atoms with E-state index in [0.29, 0.717) is 16.6 Å². The van der Waals surface area contributed by atoms with E-state index in [1.54, 1.807) is 12.3 Å². The molecule has 0 aliphatic rings. The van der Waals surface area contributed by atoms with Crippen molar-refractivity contribution in [3.63, 3.8) is 0 Å². The maximum Gasteiger partial charge on any atom is 0.0642 e. The van der Waals surface area contributed by atoms with Crippen LogP contribution < -0.4 is 5.73 Å². The van der Waals surface area contributed by atoms with E-state index in [4.69, 9.17) is 17.3 Å². The van der Waals surface area contributed by atoms with Crippen molar-refractivity contribution < 1.29 is 0 Å². The van der Waals surface area contributed by atoms with Crippen molar-refractivity contribution in [1.29, 1.82) is 0 Å². The number of nitrogens with two attached hydrogens (primary N) is 1. The van der Waals surface area contributed by atoms with Crippen molar-refractivity contribution in [1.82, 2.24) is 4.98 Å². The van der Waals surface area contributed by atoms with E-state index in [1.807, 2.05) is 0 Å². The molecule has 1 aromatic rings. The summed E-state index contributed by atoms with van der Waals surface area (Å²) in [7, 11) is 0. The van der Waals surface area contributed by atoms with E-state index >= 15 is 0 Å². The molecular formula is C9H13ClN2. The molecule has 12 heavy (non-hydrogen) atoms. The number of pyridine rings is 1. The van der Waals surface area contributed by atoms with Crippen LogP contribution in [-0.4, -0.2) is 4.98 Å². The Labute approximate surface area is 77.8 Å². The van der Waals surface area contributed by atoms with Crippen LogP contribution in [0.2, 0.25) is 5.02 Å². The van der Waals surface area contributed by atoms with Gasteiger partial charge in [0.05, 0.1) is 22.6 Å². The Hall–Kier alpha value is -0.760. The third-order valence-corrected chi connectivity index (χ3v) is 1.87. The minimum atomic E-state index is 0.568. The van der Waals surface area contributed by atoms with E-state index < -0.39 is 0 Å². The van der Waals surface area contributed by atoms with Crippen LogP contribution in [0.3, 0.4) is 0 Å². The van der Waals surface area contributed by atoms with Crippen LogP contribution in [0.25, 0.3) is 0 Å². The Kier molecular flexibility index (Phi) is 2.93. The zero-order valence-corrected chi connectivity index (χ0v) is 8.10. The van der Waals surface area contributed by atoms with Gasteiger partial charge in [-0.2, -0.15) is 0 Å². The fourth-order valence-electron chi connectivity index (χ4n) is 1.02. The number of nitrogens with zero attached hydrogens (tertiary/aromatic N) is 1. The molecule has 0 bridgehead atoms. The summed E-state index contributed by atoms with van der Waals surface area (Å²) >= 11 is 5.93. The molecule has 0 saturated carbocycles. The monoisotopic (exact) mass is 184 g/mol. The fourth-order valence-corrected chi connectivity index (χ4v) is 1.27. The van der Waals surface area contributed by atoms with E-state index in [2.05, 4.69) is 18.8 Å². The highest BCUT2D eigenvalue weighted by Gasteiger charge is 2.04. The predicted molar refractivity (Wildman–Crippen MR) is 52.2 cm³/mol. The number of hydrogen-bond donors (Lipinski definition) is 1. The smallest absolute Gasteiger partial charge is 0.0642 e. The number of nitrogen functional groups attached to an aromatic ring is 1. The quantitative estimate of drug-likeness (QED) is 0.767. The second-order valence-corrected chi connectivity index (χ2v) is 3.70. The SMILES string of the molecule is CC(C)Cc1ncc(N)cc1Cl. The first kappa shape index (κ1) is 9.33. The molecule has 0 spiro atoms. The molecule has 66 valence electrons. The summed E-state index contributed by atoms with van der Waals surface area (Å²) in [6.07, 6.45) is 2.54. The van der Waals surface area contributed by atoms with Gasteiger partial charge < -0.3 is 5.73 Å². The zero-order valence-electron chi connectivity index (χ0n) is 7.34. The Morgan fingerprint density at radius 2 is 2.25 bits per heavy atom. The number of aromatic nitrogens is 1. The van der Waals surface area contributed by atoms with E-state index in [-0.39, 0.29) is 0 Å². The molecule has 0 aromatic carbocycles. The lowest BCUT2D eigenvalue weighted by Gasteiger charge is -2.05. The van der Waals surface area contributed by atoms with Gasteiger partial charge in [-0.1, -0.05) is 25.4 Å². The molecule has 3 heteroatoms. The number of hydrogen-bond acceptors (Lipinski definition) is 2. The van der Waals surface area contributed by atoms with Crippen LogP contribution in [0.1, 0.15) is 19.5 Å². The Bertz CT molecular complexity index is 271. The first-order valence-corrected chi connectivity index (χ1v) is 4.37. The number of anilines is 1. The third-order valence-electron chi connectivity index (χ3n) is 1.54. The lowest BCUT2D eigenvalue weighted by Crippen LogP contribution is -1.99. The highest BCUT2D eigenvalue weighted by molar-refractivity contribution is 6.31. The van der Waals surface area contributed by atoms with Crippen molar-refractivity contribution in [2.75, 3.05) is 5.73 Å². The molecule has 1 aromatic heterocycles. The van der Waals surface area contributed by atoms with E-state index in [9.17, 15) is 0 Å². The van der Waals surface area contributed by atoms with Crippen LogP contribution in [0.4, 0.5) is 5.69 Å². The largest absolute Gasteiger partial charge is 0.397 e. The van der Waals surface area contributed by atoms with Gasteiger partial charge in [-0.15, -0.1) is 0 Å². The lowest BCUT2D eigenvalue weighted by molar-refractivity contribution is 0.635. The summed E-state index contributed by atoms with van der Waals surface area (Å²) in [6.45, 7) is 4.27. The van der Waals surface area contributed by atoms with Crippen molar-refractivity contribution in [3.05, 3.63) is 23.0 Å². The van der Waals surface area contributed by atoms with Crippen LogP contribution in [0.5, 0.6) is 0 Å². The van der Waals surface area contributed by atoms with Gasteiger partial charge in [-0.25, -0.2) is 0 Å². The molecule has 0 fully saturated rings. The Balaban J connectivity index is 2.86. The minimum Gasteiger partial charge on any atom is -0.397 e. The first-order chi connectivity index (χ1) is 5.59. The summed E-state index contributed by atoms with van der Waals surface area (Å²) in [5.41, 5.74) is 7.06. The molecule has 1 heterocycles. The highest BCUT2D eigenvalue weighted by atomic mass is 35.5. The van der Waals surface area contributed by atoms with Crippen LogP contribution in [0, 0.1) is 5.92 Å². The molecular weight excluding hydrogens is 172 g/mol. The van der Waals surface area contributed by atoms with Crippen molar-refractivity contribution >= 4 is 17.3 Å². The van der Waals surface area contributed by atoms with E-state index in [0.717, 1.165) is 12.1 Å². The summed E-state index contributed by atoms with van der Waals surface area (Å²) in [5, 5.41) is 0.670. The summed E-state index contributed by atoms with van der Waals surface area (Å²) in [6, 6.07) is 1.74. The molecule has 2 nitrogen and oxygen atoms in total. The number of rotatable bonds is 2. The van der Waals surface area contributed by atoms with Crippen LogP contribution in [0.15, 0.2) is 12.3 Å². The molecule has 0 atom stereocenters. The van der Waals surface area contributed by atoms with Gasteiger partial charge in [0.2, 0.25) is 0 Å². The fraction of sp³-hybridized carbons (Fsp3) is 0.444. The molecule has 0 unspecified atom stereocenters. The summed E-state index contributed by atoms with van der Waals surface area (Å²) < 4.78 is 0.